The number of ether oxygens (including phenoxy) is 1. The van der Waals surface area contributed by atoms with Gasteiger partial charge in [0.05, 0.1) is 4.75 Å². The van der Waals surface area contributed by atoms with Crippen LogP contribution in [0.15, 0.2) is 91.0 Å². The molecule has 158 valence electrons. The molecule has 0 spiro atoms. The van der Waals surface area contributed by atoms with Gasteiger partial charge in [0.25, 0.3) is 0 Å². The zero-order valence-corrected chi connectivity index (χ0v) is 18.4. The monoisotopic (exact) mass is 431 g/mol. The third-order valence-electron chi connectivity index (χ3n) is 5.69. The minimum atomic E-state index is -0.671. The largest absolute Gasteiger partial charge is 0.364 e. The molecule has 1 saturated heterocycles. The van der Waals surface area contributed by atoms with Gasteiger partial charge in [0.1, 0.15) is 23.8 Å². The average Bonchev–Trinajstić information content (AvgIpc) is 2.81. The molecule has 1 amide bonds. The lowest BCUT2D eigenvalue weighted by molar-refractivity contribution is -0.161. The number of thioether (sulfide) groups is 1. The van der Waals surface area contributed by atoms with Crippen molar-refractivity contribution in [2.24, 2.45) is 5.92 Å². The van der Waals surface area contributed by atoms with Crippen molar-refractivity contribution in [3.05, 3.63) is 108 Å². The number of β-lactam (4-membered cyclic amide) rings is 1. The zero-order valence-electron chi connectivity index (χ0n) is 17.6. The SMILES string of the molecule is COCN1C(=O)[C@@H](C(C)=O)[C@@H]1SC(c1ccccc1)(c1ccccc1)c1ccccc1. The second-order valence-electron chi connectivity index (χ2n) is 7.60. The molecule has 0 unspecified atom stereocenters. The van der Waals surface area contributed by atoms with E-state index in [0.29, 0.717) is 0 Å². The van der Waals surface area contributed by atoms with Gasteiger partial charge in [-0.05, 0) is 23.6 Å². The van der Waals surface area contributed by atoms with Crippen molar-refractivity contribution in [3.63, 3.8) is 0 Å². The van der Waals surface area contributed by atoms with Crippen LogP contribution in [-0.2, 0) is 19.1 Å². The molecular weight excluding hydrogens is 406 g/mol. The standard InChI is InChI=1S/C26H25NO3S/c1-19(28)23-24(29)27(18-30-2)25(23)31-26(20-12-6-3-7-13-20,21-14-8-4-9-15-21)22-16-10-5-11-17-22/h3-17,23,25H,18H2,1-2H3/t23-,25+/m1/s1. The molecule has 1 aliphatic heterocycles. The van der Waals surface area contributed by atoms with Crippen LogP contribution in [0.2, 0.25) is 0 Å². The minimum absolute atomic E-state index is 0.113. The third kappa shape index (κ3) is 3.80. The lowest BCUT2D eigenvalue weighted by Gasteiger charge is -2.49. The fraction of sp³-hybridized carbons (Fsp3) is 0.231. The molecule has 0 N–H and O–H groups in total. The maximum absolute atomic E-state index is 12.7. The Labute approximate surface area is 187 Å². The molecular formula is C26H25NO3S. The molecule has 1 fully saturated rings. The van der Waals surface area contributed by atoms with E-state index >= 15 is 0 Å². The number of nitrogens with zero attached hydrogens (tertiary/aromatic N) is 1. The molecule has 1 aliphatic rings. The number of likely N-dealkylation sites (tertiary alicyclic amines) is 1. The minimum Gasteiger partial charge on any atom is -0.364 e. The van der Waals surface area contributed by atoms with Crippen molar-refractivity contribution in [1.82, 2.24) is 4.90 Å². The molecule has 5 heteroatoms. The molecule has 1 heterocycles. The van der Waals surface area contributed by atoms with Crippen LogP contribution in [0.4, 0.5) is 0 Å². The summed E-state index contributed by atoms with van der Waals surface area (Å²) >= 11 is 1.63. The van der Waals surface area contributed by atoms with E-state index in [2.05, 4.69) is 36.4 Å². The molecule has 3 aromatic rings. The van der Waals surface area contributed by atoms with Crippen LogP contribution in [0.25, 0.3) is 0 Å². The first kappa shape index (κ1) is 21.3. The van der Waals surface area contributed by atoms with Gasteiger partial charge in [0.15, 0.2) is 0 Å². The number of carbonyl (C=O) groups excluding carboxylic acids is 2. The van der Waals surface area contributed by atoms with Gasteiger partial charge in [-0.25, -0.2) is 0 Å². The van der Waals surface area contributed by atoms with Gasteiger partial charge >= 0.3 is 0 Å². The van der Waals surface area contributed by atoms with Crippen molar-refractivity contribution < 1.29 is 14.3 Å². The third-order valence-corrected chi connectivity index (χ3v) is 7.51. The summed E-state index contributed by atoms with van der Waals surface area (Å²) in [6.45, 7) is 1.66. The number of ketones is 1. The summed E-state index contributed by atoms with van der Waals surface area (Å²) in [5.74, 6) is -0.955. The summed E-state index contributed by atoms with van der Waals surface area (Å²) < 4.78 is 4.68. The quantitative estimate of drug-likeness (QED) is 0.295. The van der Waals surface area contributed by atoms with Crippen molar-refractivity contribution in [1.29, 1.82) is 0 Å². The molecule has 3 aromatic carbocycles. The Morgan fingerprint density at radius 2 is 1.29 bits per heavy atom. The number of Topliss-reactive ketones (excluding diaryl/α,β-unsaturated/α-hetero) is 1. The van der Waals surface area contributed by atoms with Crippen molar-refractivity contribution in [2.45, 2.75) is 17.0 Å². The van der Waals surface area contributed by atoms with E-state index in [4.69, 9.17) is 4.74 Å². The normalized spacial score (nSPS) is 18.5. The number of hydrogen-bond donors (Lipinski definition) is 0. The van der Waals surface area contributed by atoms with Crippen molar-refractivity contribution >= 4 is 23.5 Å². The summed E-state index contributed by atoms with van der Waals surface area (Å²) in [4.78, 5) is 26.8. The van der Waals surface area contributed by atoms with E-state index in [9.17, 15) is 9.59 Å². The second-order valence-corrected chi connectivity index (χ2v) is 8.93. The first-order chi connectivity index (χ1) is 15.1. The Morgan fingerprint density at radius 1 is 0.871 bits per heavy atom. The maximum atomic E-state index is 12.7. The van der Waals surface area contributed by atoms with Crippen molar-refractivity contribution in [2.75, 3.05) is 13.8 Å². The highest BCUT2D eigenvalue weighted by molar-refractivity contribution is 8.01. The Kier molecular flexibility index (Phi) is 6.25. The fourth-order valence-corrected chi connectivity index (χ4v) is 6.13. The summed E-state index contributed by atoms with van der Waals surface area (Å²) in [5.41, 5.74) is 3.28. The van der Waals surface area contributed by atoms with Crippen LogP contribution in [-0.4, -0.2) is 35.8 Å². The van der Waals surface area contributed by atoms with E-state index in [-0.39, 0.29) is 23.8 Å². The highest BCUT2D eigenvalue weighted by Gasteiger charge is 2.54. The van der Waals surface area contributed by atoms with Gasteiger partial charge in [-0.15, -0.1) is 11.8 Å². The smallest absolute Gasteiger partial charge is 0.238 e. The van der Waals surface area contributed by atoms with Gasteiger partial charge < -0.3 is 9.64 Å². The fourth-order valence-electron chi connectivity index (χ4n) is 4.21. The van der Waals surface area contributed by atoms with E-state index in [1.165, 1.54) is 6.92 Å². The van der Waals surface area contributed by atoms with Crippen molar-refractivity contribution in [3.8, 4) is 0 Å². The predicted molar refractivity (Wildman–Crippen MR) is 123 cm³/mol. The number of hydrogen-bond acceptors (Lipinski definition) is 4. The lowest BCUT2D eigenvalue weighted by Crippen LogP contribution is -2.63. The molecule has 0 radical (unpaired) electrons. The second kappa shape index (κ2) is 9.08. The molecule has 4 rings (SSSR count). The predicted octanol–water partition coefficient (Wildman–Crippen LogP) is 4.69. The van der Waals surface area contributed by atoms with Crippen LogP contribution < -0.4 is 0 Å². The van der Waals surface area contributed by atoms with Gasteiger partial charge in [-0.1, -0.05) is 91.0 Å². The number of rotatable bonds is 8. The van der Waals surface area contributed by atoms with Gasteiger partial charge in [-0.2, -0.15) is 0 Å². The van der Waals surface area contributed by atoms with E-state index in [1.807, 2.05) is 54.6 Å². The molecule has 31 heavy (non-hydrogen) atoms. The summed E-state index contributed by atoms with van der Waals surface area (Å²) in [6.07, 6.45) is 0. The molecule has 0 aliphatic carbocycles. The zero-order chi connectivity index (χ0) is 21.8. The number of carbonyl (C=O) groups is 2. The van der Waals surface area contributed by atoms with E-state index in [0.717, 1.165) is 16.7 Å². The van der Waals surface area contributed by atoms with Crippen LogP contribution in [0.5, 0.6) is 0 Å². The maximum Gasteiger partial charge on any atom is 0.238 e. The molecule has 4 nitrogen and oxygen atoms in total. The number of methoxy groups -OCH3 is 1. The first-order valence-corrected chi connectivity index (χ1v) is 11.1. The Bertz CT molecular complexity index is 943. The summed E-state index contributed by atoms with van der Waals surface area (Å²) in [5, 5.41) is -0.328. The Hall–Kier alpha value is -2.89. The van der Waals surface area contributed by atoms with Crippen LogP contribution in [0.1, 0.15) is 23.6 Å². The van der Waals surface area contributed by atoms with Gasteiger partial charge in [0.2, 0.25) is 5.91 Å². The Morgan fingerprint density at radius 3 is 1.65 bits per heavy atom. The highest BCUT2D eigenvalue weighted by atomic mass is 32.2. The summed E-state index contributed by atoms with van der Waals surface area (Å²) in [6, 6.07) is 30.8. The Balaban J connectivity index is 1.92. The number of amides is 1. The van der Waals surface area contributed by atoms with Gasteiger partial charge in [-0.3, -0.25) is 9.59 Å². The van der Waals surface area contributed by atoms with E-state index in [1.54, 1.807) is 23.8 Å². The lowest BCUT2D eigenvalue weighted by atomic mass is 9.84. The van der Waals surface area contributed by atoms with Crippen LogP contribution in [0, 0.1) is 5.92 Å². The van der Waals surface area contributed by atoms with E-state index < -0.39 is 10.7 Å². The highest BCUT2D eigenvalue weighted by Crippen LogP contribution is 2.54. The summed E-state index contributed by atoms with van der Waals surface area (Å²) in [7, 11) is 1.56. The topological polar surface area (TPSA) is 46.6 Å². The molecule has 2 atom stereocenters. The van der Waals surface area contributed by atoms with Crippen LogP contribution >= 0.6 is 11.8 Å². The van der Waals surface area contributed by atoms with Gasteiger partial charge in [0, 0.05) is 7.11 Å². The number of benzene rings is 3. The first-order valence-electron chi connectivity index (χ1n) is 10.2. The molecule has 0 bridgehead atoms. The molecule has 0 saturated carbocycles. The molecule has 0 aromatic heterocycles. The van der Waals surface area contributed by atoms with Crippen LogP contribution in [0.3, 0.4) is 0 Å². The average molecular weight is 432 g/mol.